The molecule has 76 valence electrons. The maximum absolute atomic E-state index is 11.6. The summed E-state index contributed by atoms with van der Waals surface area (Å²) in [5, 5.41) is 3.72. The SMILES string of the molecule is CCNCCC(=O)c1cccc(Cl)c1. The Morgan fingerprint density at radius 2 is 2.29 bits per heavy atom. The van der Waals surface area contributed by atoms with Crippen molar-refractivity contribution in [2.24, 2.45) is 0 Å². The van der Waals surface area contributed by atoms with Gasteiger partial charge in [0.15, 0.2) is 5.78 Å². The van der Waals surface area contributed by atoms with Crippen molar-refractivity contribution in [3.8, 4) is 0 Å². The Kier molecular flexibility index (Phi) is 4.63. The van der Waals surface area contributed by atoms with E-state index in [9.17, 15) is 4.79 Å². The van der Waals surface area contributed by atoms with E-state index >= 15 is 0 Å². The van der Waals surface area contributed by atoms with Crippen LogP contribution in [-0.2, 0) is 0 Å². The molecule has 0 atom stereocenters. The van der Waals surface area contributed by atoms with Crippen LogP contribution in [0.3, 0.4) is 0 Å². The lowest BCUT2D eigenvalue weighted by Crippen LogP contribution is -2.17. The van der Waals surface area contributed by atoms with E-state index in [1.165, 1.54) is 0 Å². The van der Waals surface area contributed by atoms with Crippen LogP contribution in [0.5, 0.6) is 0 Å². The summed E-state index contributed by atoms with van der Waals surface area (Å²) < 4.78 is 0. The van der Waals surface area contributed by atoms with Gasteiger partial charge in [0.1, 0.15) is 0 Å². The summed E-state index contributed by atoms with van der Waals surface area (Å²) >= 11 is 5.78. The lowest BCUT2D eigenvalue weighted by atomic mass is 10.1. The Hall–Kier alpha value is -0.860. The lowest BCUT2D eigenvalue weighted by Gasteiger charge is -2.01. The topological polar surface area (TPSA) is 29.1 Å². The normalized spacial score (nSPS) is 10.1. The highest BCUT2D eigenvalue weighted by Crippen LogP contribution is 2.11. The van der Waals surface area contributed by atoms with Crippen molar-refractivity contribution in [3.63, 3.8) is 0 Å². The molecule has 0 amide bonds. The smallest absolute Gasteiger partial charge is 0.164 e. The number of benzene rings is 1. The monoisotopic (exact) mass is 211 g/mol. The Morgan fingerprint density at radius 3 is 2.93 bits per heavy atom. The molecule has 0 unspecified atom stereocenters. The first-order valence-corrected chi connectivity index (χ1v) is 5.11. The van der Waals surface area contributed by atoms with Crippen LogP contribution in [0.1, 0.15) is 23.7 Å². The number of halogens is 1. The van der Waals surface area contributed by atoms with Gasteiger partial charge in [-0.15, -0.1) is 0 Å². The van der Waals surface area contributed by atoms with Gasteiger partial charge in [0.25, 0.3) is 0 Å². The number of rotatable bonds is 5. The second kappa shape index (κ2) is 5.78. The average molecular weight is 212 g/mol. The van der Waals surface area contributed by atoms with E-state index in [0.29, 0.717) is 17.0 Å². The zero-order valence-corrected chi connectivity index (χ0v) is 8.97. The minimum absolute atomic E-state index is 0.133. The Morgan fingerprint density at radius 1 is 1.50 bits per heavy atom. The number of carbonyl (C=O) groups is 1. The molecule has 0 heterocycles. The van der Waals surface area contributed by atoms with E-state index in [1.54, 1.807) is 24.3 Å². The van der Waals surface area contributed by atoms with Crippen molar-refractivity contribution in [3.05, 3.63) is 34.9 Å². The van der Waals surface area contributed by atoms with Crippen LogP contribution >= 0.6 is 11.6 Å². The molecule has 0 bridgehead atoms. The maximum Gasteiger partial charge on any atom is 0.164 e. The molecular formula is C11H14ClNO. The molecule has 0 aliphatic rings. The first kappa shape index (κ1) is 11.2. The molecule has 0 fully saturated rings. The highest BCUT2D eigenvalue weighted by molar-refractivity contribution is 6.31. The molecule has 0 aromatic heterocycles. The van der Waals surface area contributed by atoms with E-state index in [0.717, 1.165) is 13.1 Å². The average Bonchev–Trinajstić information content (AvgIpc) is 2.18. The number of ketones is 1. The van der Waals surface area contributed by atoms with Gasteiger partial charge in [-0.25, -0.2) is 0 Å². The van der Waals surface area contributed by atoms with E-state index < -0.39 is 0 Å². The third-order valence-corrected chi connectivity index (χ3v) is 2.16. The summed E-state index contributed by atoms with van der Waals surface area (Å²) in [5.41, 5.74) is 0.690. The van der Waals surface area contributed by atoms with Gasteiger partial charge >= 0.3 is 0 Å². The molecule has 14 heavy (non-hydrogen) atoms. The summed E-state index contributed by atoms with van der Waals surface area (Å²) in [4.78, 5) is 11.6. The third kappa shape index (κ3) is 3.48. The maximum atomic E-state index is 11.6. The summed E-state index contributed by atoms with van der Waals surface area (Å²) in [5.74, 6) is 0.133. The predicted octanol–water partition coefficient (Wildman–Crippen LogP) is 2.52. The number of hydrogen-bond donors (Lipinski definition) is 1. The third-order valence-electron chi connectivity index (χ3n) is 1.93. The summed E-state index contributed by atoms with van der Waals surface area (Å²) in [7, 11) is 0. The second-order valence-electron chi connectivity index (χ2n) is 3.04. The van der Waals surface area contributed by atoms with Crippen LogP contribution < -0.4 is 5.32 Å². The van der Waals surface area contributed by atoms with Crippen molar-refractivity contribution < 1.29 is 4.79 Å². The molecule has 1 aromatic carbocycles. The Labute approximate surface area is 89.3 Å². The zero-order chi connectivity index (χ0) is 10.4. The molecule has 2 nitrogen and oxygen atoms in total. The number of hydrogen-bond acceptors (Lipinski definition) is 2. The minimum Gasteiger partial charge on any atom is -0.317 e. The van der Waals surface area contributed by atoms with Crippen LogP contribution in [0.25, 0.3) is 0 Å². The van der Waals surface area contributed by atoms with Gasteiger partial charge in [-0.2, -0.15) is 0 Å². The Balaban J connectivity index is 2.52. The molecule has 0 aliphatic heterocycles. The van der Waals surface area contributed by atoms with Crippen molar-refractivity contribution in [2.45, 2.75) is 13.3 Å². The molecule has 1 aromatic rings. The lowest BCUT2D eigenvalue weighted by molar-refractivity contribution is 0.0983. The fourth-order valence-corrected chi connectivity index (χ4v) is 1.38. The molecule has 0 aliphatic carbocycles. The van der Waals surface area contributed by atoms with Crippen molar-refractivity contribution in [2.75, 3.05) is 13.1 Å². The molecule has 1 N–H and O–H groups in total. The zero-order valence-electron chi connectivity index (χ0n) is 8.22. The predicted molar refractivity (Wildman–Crippen MR) is 58.9 cm³/mol. The van der Waals surface area contributed by atoms with Gasteiger partial charge < -0.3 is 5.32 Å². The van der Waals surface area contributed by atoms with Crippen LogP contribution in [0.15, 0.2) is 24.3 Å². The molecule has 0 radical (unpaired) electrons. The molecular weight excluding hydrogens is 198 g/mol. The quantitative estimate of drug-likeness (QED) is 0.599. The first-order valence-electron chi connectivity index (χ1n) is 4.73. The van der Waals surface area contributed by atoms with Crippen LogP contribution in [0, 0.1) is 0 Å². The van der Waals surface area contributed by atoms with E-state index in [2.05, 4.69) is 5.32 Å². The van der Waals surface area contributed by atoms with Gasteiger partial charge in [0.05, 0.1) is 0 Å². The largest absolute Gasteiger partial charge is 0.317 e. The highest BCUT2D eigenvalue weighted by Gasteiger charge is 2.04. The summed E-state index contributed by atoms with van der Waals surface area (Å²) in [6, 6.07) is 7.06. The molecule has 0 saturated carbocycles. The van der Waals surface area contributed by atoms with Crippen molar-refractivity contribution in [1.29, 1.82) is 0 Å². The van der Waals surface area contributed by atoms with Gasteiger partial charge in [-0.05, 0) is 18.7 Å². The number of nitrogens with one attached hydrogen (secondary N) is 1. The van der Waals surface area contributed by atoms with Gasteiger partial charge in [0.2, 0.25) is 0 Å². The fraction of sp³-hybridized carbons (Fsp3) is 0.364. The van der Waals surface area contributed by atoms with E-state index in [-0.39, 0.29) is 5.78 Å². The molecule has 3 heteroatoms. The van der Waals surface area contributed by atoms with Crippen molar-refractivity contribution >= 4 is 17.4 Å². The first-order chi connectivity index (χ1) is 6.74. The Bertz CT molecular complexity index is 312. The molecule has 1 rings (SSSR count). The number of Topliss-reactive ketones (excluding diaryl/α,β-unsaturated/α-hetero) is 1. The second-order valence-corrected chi connectivity index (χ2v) is 3.47. The molecule has 0 saturated heterocycles. The van der Waals surface area contributed by atoms with Gasteiger partial charge in [-0.3, -0.25) is 4.79 Å². The van der Waals surface area contributed by atoms with E-state index in [1.807, 2.05) is 6.92 Å². The van der Waals surface area contributed by atoms with Crippen LogP contribution in [0.2, 0.25) is 5.02 Å². The summed E-state index contributed by atoms with van der Waals surface area (Å²) in [6.45, 7) is 3.63. The van der Waals surface area contributed by atoms with E-state index in [4.69, 9.17) is 11.6 Å². The van der Waals surface area contributed by atoms with Crippen LogP contribution in [-0.4, -0.2) is 18.9 Å². The summed E-state index contributed by atoms with van der Waals surface area (Å²) in [6.07, 6.45) is 0.522. The standard InChI is InChI=1S/C11H14ClNO/c1-2-13-7-6-11(14)9-4-3-5-10(12)8-9/h3-5,8,13H,2,6-7H2,1H3. The van der Waals surface area contributed by atoms with Gasteiger partial charge in [-0.1, -0.05) is 30.7 Å². The van der Waals surface area contributed by atoms with Crippen molar-refractivity contribution in [1.82, 2.24) is 5.32 Å². The molecule has 0 spiro atoms. The highest BCUT2D eigenvalue weighted by atomic mass is 35.5. The number of carbonyl (C=O) groups excluding carboxylic acids is 1. The fourth-order valence-electron chi connectivity index (χ4n) is 1.18. The minimum atomic E-state index is 0.133. The van der Waals surface area contributed by atoms with Gasteiger partial charge in [0, 0.05) is 23.6 Å². The van der Waals surface area contributed by atoms with Crippen LogP contribution in [0.4, 0.5) is 0 Å².